The summed E-state index contributed by atoms with van der Waals surface area (Å²) >= 11 is 0. The van der Waals surface area contributed by atoms with E-state index in [1.165, 1.54) is 28.5 Å². The first-order valence-electron chi connectivity index (χ1n) is 18.7. The molecule has 0 saturated carbocycles. The maximum Gasteiger partial charge on any atom is 0.416 e. The summed E-state index contributed by atoms with van der Waals surface area (Å²) in [5.41, 5.74) is 0.598. The van der Waals surface area contributed by atoms with Gasteiger partial charge in [-0.05, 0) is 68.9 Å². The van der Waals surface area contributed by atoms with Crippen molar-refractivity contribution in [2.45, 2.75) is 92.1 Å². The van der Waals surface area contributed by atoms with E-state index in [0.29, 0.717) is 51.7 Å². The number of allylic oxidation sites excluding steroid dienone is 3. The van der Waals surface area contributed by atoms with Crippen LogP contribution in [0.25, 0.3) is 0 Å². The molecule has 3 aliphatic rings. The lowest BCUT2D eigenvalue weighted by Gasteiger charge is -2.40. The van der Waals surface area contributed by atoms with E-state index in [1.807, 2.05) is 74.5 Å². The van der Waals surface area contributed by atoms with E-state index in [2.05, 4.69) is 19.7 Å². The van der Waals surface area contributed by atoms with E-state index in [1.54, 1.807) is 18.2 Å². The Bertz CT molecular complexity index is 1680. The minimum atomic E-state index is -0.563. The van der Waals surface area contributed by atoms with Crippen molar-refractivity contribution in [1.82, 2.24) is 14.7 Å². The molecule has 54 heavy (non-hydrogen) atoms. The summed E-state index contributed by atoms with van der Waals surface area (Å²) in [6.07, 6.45) is 11.3. The SMILES string of the molecule is C=CC[C@]1(C)CCCN(C(C)=O)C1=O.C=CC[C@]1(C)CCN(C(=O)OCc2ccccc2)C1=O.C=CC[C@]1(Cc2ccccc2)CCCN(C(C)=O)C1=O. The van der Waals surface area contributed by atoms with Gasteiger partial charge in [0.05, 0.1) is 16.2 Å². The predicted octanol–water partition coefficient (Wildman–Crippen LogP) is 7.84. The zero-order chi connectivity index (χ0) is 39.9. The van der Waals surface area contributed by atoms with Crippen molar-refractivity contribution >= 4 is 35.6 Å². The number of rotatable bonds is 10. The lowest BCUT2D eigenvalue weighted by Crippen LogP contribution is -2.51. The van der Waals surface area contributed by atoms with Gasteiger partial charge in [0.15, 0.2) is 0 Å². The van der Waals surface area contributed by atoms with Crippen LogP contribution in [-0.2, 0) is 41.7 Å². The van der Waals surface area contributed by atoms with Crippen LogP contribution in [0.1, 0.15) is 90.2 Å². The van der Waals surface area contributed by atoms with Gasteiger partial charge >= 0.3 is 6.09 Å². The summed E-state index contributed by atoms with van der Waals surface area (Å²) in [6.45, 7) is 19.5. The third-order valence-electron chi connectivity index (χ3n) is 10.6. The molecule has 3 fully saturated rings. The fraction of sp³-hybridized carbons (Fsp3) is 0.455. The third-order valence-corrected chi connectivity index (χ3v) is 10.6. The number of amides is 6. The summed E-state index contributed by atoms with van der Waals surface area (Å²) in [7, 11) is 0. The number of likely N-dealkylation sites (tertiary alicyclic amines) is 3. The molecule has 0 aromatic heterocycles. The first-order valence-corrected chi connectivity index (χ1v) is 18.7. The summed E-state index contributed by atoms with van der Waals surface area (Å²) in [5, 5.41) is 0. The monoisotopic (exact) mass is 739 g/mol. The number of benzene rings is 2. The molecule has 0 aliphatic carbocycles. The Labute approximate surface area is 320 Å². The molecule has 3 saturated heterocycles. The van der Waals surface area contributed by atoms with Gasteiger partial charge in [-0.15, -0.1) is 19.7 Å². The Morgan fingerprint density at radius 1 is 0.630 bits per heavy atom. The number of carbonyl (C=O) groups is 6. The van der Waals surface area contributed by atoms with Gasteiger partial charge in [0.1, 0.15) is 6.61 Å². The molecular weight excluding hydrogens is 682 g/mol. The van der Waals surface area contributed by atoms with Crippen molar-refractivity contribution in [3.05, 3.63) is 110 Å². The molecule has 0 N–H and O–H groups in total. The maximum absolute atomic E-state index is 12.7. The number of piperidine rings is 2. The van der Waals surface area contributed by atoms with Crippen molar-refractivity contribution in [3.63, 3.8) is 0 Å². The van der Waals surface area contributed by atoms with Crippen molar-refractivity contribution in [2.75, 3.05) is 19.6 Å². The van der Waals surface area contributed by atoms with Crippen molar-refractivity contribution in [3.8, 4) is 0 Å². The second-order valence-electron chi connectivity index (χ2n) is 14.9. The third kappa shape index (κ3) is 11.0. The average molecular weight is 740 g/mol. The van der Waals surface area contributed by atoms with E-state index in [9.17, 15) is 28.8 Å². The van der Waals surface area contributed by atoms with Gasteiger partial charge in [-0.2, -0.15) is 0 Å². The lowest BCUT2D eigenvalue weighted by atomic mass is 9.72. The number of ether oxygens (including phenoxy) is 1. The molecule has 0 radical (unpaired) electrons. The maximum atomic E-state index is 12.7. The quantitative estimate of drug-likeness (QED) is 0.228. The van der Waals surface area contributed by atoms with E-state index >= 15 is 0 Å². The van der Waals surface area contributed by atoms with Crippen LogP contribution in [0.5, 0.6) is 0 Å². The number of carbonyl (C=O) groups excluding carboxylic acids is 6. The standard InChI is InChI=1S/C17H21NO2.C16H19NO3.C11H17NO2/c1-3-10-17(13-15-8-5-4-6-9-15)11-7-12-18(14(2)19)16(17)20;1-3-9-16(2)10-11-17(14(16)18)15(19)20-12-13-7-5-4-6-8-13;1-4-6-11(3)7-5-8-12(9(2)13)10(11)14/h3-6,8-9H,1,7,10-13H2,2H3;3-8H,1,9-12H2,2H3;4H,1,5-8H2,2-3H3/t17-;16-;11-/m111/s1. The van der Waals surface area contributed by atoms with E-state index in [-0.39, 0.29) is 36.1 Å². The Morgan fingerprint density at radius 3 is 1.61 bits per heavy atom. The first-order chi connectivity index (χ1) is 25.7. The number of hydrogen-bond acceptors (Lipinski definition) is 7. The van der Waals surface area contributed by atoms with Crippen molar-refractivity contribution < 1.29 is 33.5 Å². The van der Waals surface area contributed by atoms with Crippen molar-refractivity contribution in [2.24, 2.45) is 16.2 Å². The normalized spacial score (nSPS) is 23.6. The average Bonchev–Trinajstić information content (AvgIpc) is 3.44. The van der Waals surface area contributed by atoms with Gasteiger partial charge in [0.25, 0.3) is 0 Å². The predicted molar refractivity (Wildman–Crippen MR) is 209 cm³/mol. The Kier molecular flexibility index (Phi) is 15.9. The van der Waals surface area contributed by atoms with Crippen LogP contribution in [-0.4, -0.2) is 70.0 Å². The number of nitrogens with zero attached hydrogens (tertiary/aromatic N) is 3. The van der Waals surface area contributed by atoms with Gasteiger partial charge in [-0.1, -0.05) is 92.7 Å². The molecule has 2 aromatic carbocycles. The molecule has 0 bridgehead atoms. The minimum Gasteiger partial charge on any atom is -0.444 e. The highest BCUT2D eigenvalue weighted by atomic mass is 16.6. The first kappa shape index (κ1) is 43.3. The van der Waals surface area contributed by atoms with Crippen LogP contribution in [0.15, 0.2) is 98.6 Å². The molecule has 2 aromatic rings. The van der Waals surface area contributed by atoms with Crippen LogP contribution < -0.4 is 0 Å². The molecule has 0 spiro atoms. The summed E-state index contributed by atoms with van der Waals surface area (Å²) in [6, 6.07) is 19.4. The molecule has 3 heterocycles. The molecular formula is C44H57N3O7. The van der Waals surface area contributed by atoms with Gasteiger partial charge in [0, 0.05) is 33.5 Å². The summed E-state index contributed by atoms with van der Waals surface area (Å²) in [5.74, 6) is -0.562. The van der Waals surface area contributed by atoms with Gasteiger partial charge < -0.3 is 4.74 Å². The smallest absolute Gasteiger partial charge is 0.416 e. The van der Waals surface area contributed by atoms with Crippen molar-refractivity contribution in [1.29, 1.82) is 0 Å². The van der Waals surface area contributed by atoms with Gasteiger partial charge in [-0.3, -0.25) is 33.8 Å². The second kappa shape index (κ2) is 19.8. The molecule has 5 rings (SSSR count). The zero-order valence-corrected chi connectivity index (χ0v) is 32.5. The molecule has 290 valence electrons. The Morgan fingerprint density at radius 2 is 1.09 bits per heavy atom. The van der Waals surface area contributed by atoms with Crippen LogP contribution in [0.4, 0.5) is 4.79 Å². The van der Waals surface area contributed by atoms with Crippen LogP contribution in [0, 0.1) is 16.2 Å². The van der Waals surface area contributed by atoms with E-state index in [4.69, 9.17) is 4.74 Å². The summed E-state index contributed by atoms with van der Waals surface area (Å²) < 4.78 is 5.19. The minimum absolute atomic E-state index is 0.0417. The van der Waals surface area contributed by atoms with E-state index < -0.39 is 22.3 Å². The van der Waals surface area contributed by atoms with Crippen LogP contribution >= 0.6 is 0 Å². The Hall–Kier alpha value is -5.12. The van der Waals surface area contributed by atoms with Gasteiger partial charge in [-0.25, -0.2) is 9.69 Å². The fourth-order valence-electron chi connectivity index (χ4n) is 7.40. The number of imide groups is 3. The molecule has 6 amide bonds. The highest BCUT2D eigenvalue weighted by Gasteiger charge is 2.46. The topological polar surface area (TPSA) is 121 Å². The highest BCUT2D eigenvalue weighted by molar-refractivity contribution is 5.99. The number of hydrogen-bond donors (Lipinski definition) is 0. The van der Waals surface area contributed by atoms with E-state index in [0.717, 1.165) is 36.8 Å². The summed E-state index contributed by atoms with van der Waals surface area (Å²) in [4.78, 5) is 75.7. The second-order valence-corrected chi connectivity index (χ2v) is 14.9. The molecule has 10 nitrogen and oxygen atoms in total. The lowest BCUT2D eigenvalue weighted by molar-refractivity contribution is -0.155. The fourth-order valence-corrected chi connectivity index (χ4v) is 7.40. The highest BCUT2D eigenvalue weighted by Crippen LogP contribution is 2.39. The molecule has 10 heteroatoms. The zero-order valence-electron chi connectivity index (χ0n) is 32.5. The van der Waals surface area contributed by atoms with Gasteiger partial charge in [0.2, 0.25) is 29.5 Å². The molecule has 0 unspecified atom stereocenters. The van der Waals surface area contributed by atoms with Crippen LogP contribution in [0.3, 0.4) is 0 Å². The molecule has 3 atom stereocenters. The molecule has 3 aliphatic heterocycles. The van der Waals surface area contributed by atoms with Crippen LogP contribution in [0.2, 0.25) is 0 Å². The largest absolute Gasteiger partial charge is 0.444 e. The Balaban J connectivity index is 0.000000222.